The topological polar surface area (TPSA) is 55.2 Å². The van der Waals surface area contributed by atoms with Crippen LogP contribution in [0.1, 0.15) is 21.7 Å². The van der Waals surface area contributed by atoms with Crippen LogP contribution in [0.15, 0.2) is 34.9 Å². The fraction of sp³-hybridized carbons (Fsp3) is 0.389. The van der Waals surface area contributed by atoms with Crippen LogP contribution in [0, 0.1) is 6.92 Å². The van der Waals surface area contributed by atoms with Crippen molar-refractivity contribution >= 4 is 5.91 Å². The minimum absolute atomic E-state index is 0.0224. The Hall–Kier alpha value is -2.47. The summed E-state index contributed by atoms with van der Waals surface area (Å²) in [4.78, 5) is 16.6. The molecule has 24 heavy (non-hydrogen) atoms. The Morgan fingerprint density at radius 2 is 1.88 bits per heavy atom. The molecule has 0 aliphatic carbocycles. The molecule has 0 unspecified atom stereocenters. The maximum Gasteiger partial charge on any atom is 0.289 e. The van der Waals surface area contributed by atoms with Crippen LogP contribution in [0.3, 0.4) is 0 Å². The first-order valence-electron chi connectivity index (χ1n) is 8.14. The third-order valence-electron chi connectivity index (χ3n) is 4.44. The van der Waals surface area contributed by atoms with Gasteiger partial charge in [0.25, 0.3) is 5.91 Å². The van der Waals surface area contributed by atoms with Gasteiger partial charge in [0.1, 0.15) is 0 Å². The fourth-order valence-electron chi connectivity index (χ4n) is 3.11. The van der Waals surface area contributed by atoms with Crippen LogP contribution in [0.4, 0.5) is 0 Å². The molecular formula is C18H20N2O4. The molecule has 1 saturated heterocycles. The maximum absolute atomic E-state index is 12.4. The van der Waals surface area contributed by atoms with Gasteiger partial charge in [-0.25, -0.2) is 0 Å². The number of rotatable bonds is 3. The van der Waals surface area contributed by atoms with Gasteiger partial charge in [-0.05, 0) is 36.2 Å². The summed E-state index contributed by atoms with van der Waals surface area (Å²) >= 11 is 0. The molecule has 0 bridgehead atoms. The summed E-state index contributed by atoms with van der Waals surface area (Å²) < 4.78 is 16.1. The molecule has 1 fully saturated rings. The summed E-state index contributed by atoms with van der Waals surface area (Å²) in [6, 6.07) is 7.85. The summed E-state index contributed by atoms with van der Waals surface area (Å²) in [6.45, 7) is 6.18. The number of carbonyl (C=O) groups excluding carboxylic acids is 1. The standard InChI is InChI=1S/C18H20N2O4/c1-13-8-17(22-11-13)18(21)20-6-4-19(5-7-20)10-14-2-3-15-16(9-14)24-12-23-15/h2-3,8-9,11H,4-7,10,12H2,1H3. The zero-order valence-electron chi connectivity index (χ0n) is 13.7. The van der Waals surface area contributed by atoms with E-state index in [1.54, 1.807) is 12.3 Å². The highest BCUT2D eigenvalue weighted by Crippen LogP contribution is 2.32. The molecule has 6 heteroatoms. The summed E-state index contributed by atoms with van der Waals surface area (Å²) in [5, 5.41) is 0. The highest BCUT2D eigenvalue weighted by Gasteiger charge is 2.24. The zero-order valence-corrected chi connectivity index (χ0v) is 13.7. The Balaban J connectivity index is 1.34. The van der Waals surface area contributed by atoms with Crippen LogP contribution in [0.25, 0.3) is 0 Å². The molecule has 0 radical (unpaired) electrons. The van der Waals surface area contributed by atoms with Gasteiger partial charge in [-0.2, -0.15) is 0 Å². The van der Waals surface area contributed by atoms with Crippen molar-refractivity contribution in [1.29, 1.82) is 0 Å². The number of furan rings is 1. The van der Waals surface area contributed by atoms with E-state index in [1.165, 1.54) is 5.56 Å². The minimum Gasteiger partial charge on any atom is -0.459 e. The number of nitrogens with zero attached hydrogens (tertiary/aromatic N) is 2. The first-order chi connectivity index (χ1) is 11.7. The predicted octanol–water partition coefficient (Wildman–Crippen LogP) is 2.27. The number of amides is 1. The highest BCUT2D eigenvalue weighted by molar-refractivity contribution is 5.91. The number of carbonyl (C=O) groups is 1. The average molecular weight is 328 g/mol. The van der Waals surface area contributed by atoms with E-state index in [2.05, 4.69) is 11.0 Å². The monoisotopic (exact) mass is 328 g/mol. The molecule has 2 aliphatic heterocycles. The number of aryl methyl sites for hydroxylation is 1. The van der Waals surface area contributed by atoms with Crippen LogP contribution in [-0.4, -0.2) is 48.7 Å². The van der Waals surface area contributed by atoms with Crippen molar-refractivity contribution in [2.24, 2.45) is 0 Å². The van der Waals surface area contributed by atoms with E-state index in [0.717, 1.165) is 36.7 Å². The van der Waals surface area contributed by atoms with E-state index < -0.39 is 0 Å². The van der Waals surface area contributed by atoms with Crippen LogP contribution in [-0.2, 0) is 6.54 Å². The Labute approximate surface area is 140 Å². The van der Waals surface area contributed by atoms with Crippen LogP contribution < -0.4 is 9.47 Å². The largest absolute Gasteiger partial charge is 0.459 e. The molecule has 0 N–H and O–H groups in total. The van der Waals surface area contributed by atoms with E-state index >= 15 is 0 Å². The molecule has 6 nitrogen and oxygen atoms in total. The highest BCUT2D eigenvalue weighted by atomic mass is 16.7. The third-order valence-corrected chi connectivity index (χ3v) is 4.44. The van der Waals surface area contributed by atoms with Gasteiger partial charge in [-0.15, -0.1) is 0 Å². The van der Waals surface area contributed by atoms with E-state index in [1.807, 2.05) is 24.0 Å². The number of hydrogen-bond donors (Lipinski definition) is 0. The van der Waals surface area contributed by atoms with Crippen molar-refractivity contribution in [3.05, 3.63) is 47.4 Å². The zero-order chi connectivity index (χ0) is 16.5. The Kier molecular flexibility index (Phi) is 3.90. The Morgan fingerprint density at radius 1 is 1.08 bits per heavy atom. The summed E-state index contributed by atoms with van der Waals surface area (Å²) in [5.74, 6) is 2.03. The van der Waals surface area contributed by atoms with Gasteiger partial charge >= 0.3 is 0 Å². The number of piperazine rings is 1. The average Bonchev–Trinajstić information content (AvgIpc) is 3.23. The number of ether oxygens (including phenoxy) is 2. The minimum atomic E-state index is -0.0224. The van der Waals surface area contributed by atoms with Gasteiger partial charge in [0.15, 0.2) is 17.3 Å². The van der Waals surface area contributed by atoms with Gasteiger partial charge in [0.2, 0.25) is 6.79 Å². The fourth-order valence-corrected chi connectivity index (χ4v) is 3.11. The predicted molar refractivity (Wildman–Crippen MR) is 87.2 cm³/mol. The van der Waals surface area contributed by atoms with Gasteiger partial charge < -0.3 is 18.8 Å². The van der Waals surface area contributed by atoms with Crippen molar-refractivity contribution in [2.75, 3.05) is 33.0 Å². The molecule has 1 amide bonds. The normalized spacial score (nSPS) is 17.3. The van der Waals surface area contributed by atoms with Crippen molar-refractivity contribution < 1.29 is 18.7 Å². The number of benzene rings is 1. The van der Waals surface area contributed by atoms with Crippen LogP contribution >= 0.6 is 0 Å². The second-order valence-corrected chi connectivity index (χ2v) is 6.24. The second kappa shape index (κ2) is 6.20. The van der Waals surface area contributed by atoms with Crippen molar-refractivity contribution in [3.8, 4) is 11.5 Å². The van der Waals surface area contributed by atoms with E-state index in [-0.39, 0.29) is 5.91 Å². The second-order valence-electron chi connectivity index (χ2n) is 6.24. The lowest BCUT2D eigenvalue weighted by Crippen LogP contribution is -2.48. The molecule has 126 valence electrons. The van der Waals surface area contributed by atoms with E-state index in [4.69, 9.17) is 13.9 Å². The van der Waals surface area contributed by atoms with Crippen LogP contribution in [0.5, 0.6) is 11.5 Å². The van der Waals surface area contributed by atoms with E-state index in [0.29, 0.717) is 25.6 Å². The molecule has 0 atom stereocenters. The van der Waals surface area contributed by atoms with Crippen molar-refractivity contribution in [3.63, 3.8) is 0 Å². The number of fused-ring (bicyclic) bond motifs is 1. The summed E-state index contributed by atoms with van der Waals surface area (Å²) in [5.41, 5.74) is 2.17. The SMILES string of the molecule is Cc1coc(C(=O)N2CCN(Cc3ccc4c(c3)OCO4)CC2)c1. The van der Waals surface area contributed by atoms with Crippen molar-refractivity contribution in [1.82, 2.24) is 9.80 Å². The van der Waals surface area contributed by atoms with Gasteiger partial charge in [-0.1, -0.05) is 6.07 Å². The lowest BCUT2D eigenvalue weighted by atomic mass is 10.1. The Morgan fingerprint density at radius 3 is 2.62 bits per heavy atom. The lowest BCUT2D eigenvalue weighted by Gasteiger charge is -2.34. The van der Waals surface area contributed by atoms with Crippen molar-refractivity contribution in [2.45, 2.75) is 13.5 Å². The third kappa shape index (κ3) is 2.97. The summed E-state index contributed by atoms with van der Waals surface area (Å²) in [7, 11) is 0. The molecule has 2 aromatic rings. The van der Waals surface area contributed by atoms with Gasteiger partial charge in [-0.3, -0.25) is 9.69 Å². The number of hydrogen-bond acceptors (Lipinski definition) is 5. The first-order valence-corrected chi connectivity index (χ1v) is 8.14. The molecular weight excluding hydrogens is 308 g/mol. The maximum atomic E-state index is 12.4. The lowest BCUT2D eigenvalue weighted by molar-refractivity contribution is 0.0598. The van der Waals surface area contributed by atoms with Crippen LogP contribution in [0.2, 0.25) is 0 Å². The van der Waals surface area contributed by atoms with Gasteiger partial charge in [0.05, 0.1) is 6.26 Å². The summed E-state index contributed by atoms with van der Waals surface area (Å²) in [6.07, 6.45) is 1.61. The molecule has 1 aromatic carbocycles. The van der Waals surface area contributed by atoms with Gasteiger partial charge in [0, 0.05) is 32.7 Å². The Bertz CT molecular complexity index is 747. The molecule has 3 heterocycles. The first kappa shape index (κ1) is 15.1. The molecule has 1 aromatic heterocycles. The molecule has 0 saturated carbocycles. The smallest absolute Gasteiger partial charge is 0.289 e. The quantitative estimate of drug-likeness (QED) is 0.865. The molecule has 4 rings (SSSR count). The molecule has 2 aliphatic rings. The molecule has 0 spiro atoms. The van der Waals surface area contributed by atoms with E-state index in [9.17, 15) is 4.79 Å².